The van der Waals surface area contributed by atoms with Gasteiger partial charge in [0.05, 0.1) is 17.9 Å². The minimum atomic E-state index is -0.954. The highest BCUT2D eigenvalue weighted by atomic mass is 16.5. The first kappa shape index (κ1) is 21.5. The van der Waals surface area contributed by atoms with Crippen LogP contribution in [0.5, 0.6) is 0 Å². The van der Waals surface area contributed by atoms with Crippen LogP contribution in [0.2, 0.25) is 0 Å². The molecule has 8 nitrogen and oxygen atoms in total. The third-order valence-corrected chi connectivity index (χ3v) is 5.89. The summed E-state index contributed by atoms with van der Waals surface area (Å²) in [4.78, 5) is 51.3. The molecule has 0 aromatic heterocycles. The van der Waals surface area contributed by atoms with Crippen molar-refractivity contribution in [1.29, 1.82) is 0 Å². The third kappa shape index (κ3) is 4.08. The van der Waals surface area contributed by atoms with Crippen LogP contribution < -0.4 is 10.6 Å². The van der Waals surface area contributed by atoms with Gasteiger partial charge in [-0.3, -0.25) is 14.5 Å². The molecule has 1 unspecified atom stereocenters. The molecule has 0 radical (unpaired) electrons. The van der Waals surface area contributed by atoms with Crippen LogP contribution >= 0.6 is 0 Å². The Morgan fingerprint density at radius 1 is 1.12 bits per heavy atom. The first-order valence-corrected chi connectivity index (χ1v) is 10.6. The predicted octanol–water partition coefficient (Wildman–Crippen LogP) is 3.19. The Bertz CT molecular complexity index is 1080. The molecule has 32 heavy (non-hydrogen) atoms. The lowest BCUT2D eigenvalue weighted by atomic mass is 9.96. The summed E-state index contributed by atoms with van der Waals surface area (Å²) < 4.78 is 5.15. The van der Waals surface area contributed by atoms with Gasteiger partial charge in [-0.1, -0.05) is 36.4 Å². The molecule has 1 saturated heterocycles. The molecule has 8 heteroatoms. The number of rotatable bonds is 7. The maximum Gasteiger partial charge on any atom is 0.340 e. The molecule has 1 heterocycles. The topological polar surface area (TPSA) is 105 Å². The first-order chi connectivity index (χ1) is 15.3. The molecule has 0 spiro atoms. The molecule has 1 aliphatic carbocycles. The van der Waals surface area contributed by atoms with Gasteiger partial charge in [-0.2, -0.15) is 0 Å². The van der Waals surface area contributed by atoms with Crippen molar-refractivity contribution in [1.82, 2.24) is 10.2 Å². The highest BCUT2D eigenvalue weighted by Crippen LogP contribution is 2.42. The van der Waals surface area contributed by atoms with Gasteiger partial charge in [-0.25, -0.2) is 9.59 Å². The van der Waals surface area contributed by atoms with Crippen molar-refractivity contribution >= 4 is 29.5 Å². The van der Waals surface area contributed by atoms with Gasteiger partial charge in [0.15, 0.2) is 0 Å². The van der Waals surface area contributed by atoms with Crippen LogP contribution in [0, 0.1) is 5.92 Å². The first-order valence-electron chi connectivity index (χ1n) is 10.6. The smallest absolute Gasteiger partial charge is 0.340 e. The molecule has 2 aromatic rings. The number of hydrogen-bond donors (Lipinski definition) is 2. The van der Waals surface area contributed by atoms with Crippen molar-refractivity contribution in [3.05, 3.63) is 54.1 Å². The number of ether oxygens (including phenoxy) is 1. The highest BCUT2D eigenvalue weighted by molar-refractivity contribution is 6.11. The van der Waals surface area contributed by atoms with Crippen molar-refractivity contribution in [3.8, 4) is 11.1 Å². The molecule has 2 aliphatic rings. The number of carbonyl (C=O) groups is 4. The van der Waals surface area contributed by atoms with E-state index in [-0.39, 0.29) is 23.8 Å². The molecule has 1 saturated carbocycles. The van der Waals surface area contributed by atoms with Crippen LogP contribution in [-0.2, 0) is 14.3 Å². The van der Waals surface area contributed by atoms with E-state index in [9.17, 15) is 19.2 Å². The van der Waals surface area contributed by atoms with Crippen molar-refractivity contribution in [2.75, 3.05) is 18.5 Å². The van der Waals surface area contributed by atoms with E-state index in [1.165, 1.54) is 0 Å². The summed E-state index contributed by atoms with van der Waals surface area (Å²) in [6.07, 6.45) is 1.75. The van der Waals surface area contributed by atoms with Crippen molar-refractivity contribution in [2.45, 2.75) is 32.2 Å². The second-order valence-electron chi connectivity index (χ2n) is 8.19. The number of hydrogen-bond acceptors (Lipinski definition) is 5. The average molecular weight is 435 g/mol. The van der Waals surface area contributed by atoms with Crippen LogP contribution in [0.4, 0.5) is 10.5 Å². The van der Waals surface area contributed by atoms with E-state index in [2.05, 4.69) is 10.6 Å². The second-order valence-corrected chi connectivity index (χ2v) is 8.19. The number of imide groups is 1. The average Bonchev–Trinajstić information content (AvgIpc) is 3.61. The van der Waals surface area contributed by atoms with Crippen LogP contribution in [-0.4, -0.2) is 47.4 Å². The van der Waals surface area contributed by atoms with Gasteiger partial charge in [0.1, 0.15) is 12.1 Å². The summed E-state index contributed by atoms with van der Waals surface area (Å²) in [5.74, 6) is -1.44. The van der Waals surface area contributed by atoms with E-state index in [1.807, 2.05) is 30.3 Å². The predicted molar refractivity (Wildman–Crippen MR) is 118 cm³/mol. The van der Waals surface area contributed by atoms with Crippen LogP contribution in [0.3, 0.4) is 0 Å². The van der Waals surface area contributed by atoms with E-state index < -0.39 is 35.9 Å². The number of carbonyl (C=O) groups excluding carboxylic acids is 4. The van der Waals surface area contributed by atoms with E-state index in [0.29, 0.717) is 0 Å². The normalized spacial score (nSPS) is 20.1. The molecule has 4 amide bonds. The summed E-state index contributed by atoms with van der Waals surface area (Å²) in [5.41, 5.74) is 1.20. The van der Waals surface area contributed by atoms with Gasteiger partial charge in [-0.15, -0.1) is 0 Å². The molecule has 1 atom stereocenters. The lowest BCUT2D eigenvalue weighted by Crippen LogP contribution is -2.46. The Morgan fingerprint density at radius 2 is 1.84 bits per heavy atom. The van der Waals surface area contributed by atoms with Crippen molar-refractivity contribution < 1.29 is 23.9 Å². The minimum Gasteiger partial charge on any atom is -0.462 e. The van der Waals surface area contributed by atoms with Crippen molar-refractivity contribution in [3.63, 3.8) is 0 Å². The van der Waals surface area contributed by atoms with Crippen LogP contribution in [0.15, 0.2) is 48.5 Å². The SMILES string of the molecule is CCOC(=O)c1cc(-c2ccccc2)ccc1NC(=O)CN1C(=O)NC(C)(C2CC2)C1=O. The quantitative estimate of drug-likeness (QED) is 0.513. The zero-order valence-electron chi connectivity index (χ0n) is 18.0. The molecule has 0 bridgehead atoms. The Labute approximate surface area is 185 Å². The minimum absolute atomic E-state index is 0.105. The standard InChI is InChI=1S/C24H25N3O5/c1-3-32-21(29)18-13-16(15-7-5-4-6-8-15)9-12-19(18)25-20(28)14-27-22(30)24(2,17-10-11-17)26-23(27)31/h4-9,12-13,17H,3,10-11,14H2,1-2H3,(H,25,28)(H,26,31). The largest absolute Gasteiger partial charge is 0.462 e. The number of anilines is 1. The fourth-order valence-corrected chi connectivity index (χ4v) is 3.97. The Hall–Kier alpha value is -3.68. The number of nitrogens with one attached hydrogen (secondary N) is 2. The molecule has 1 aliphatic heterocycles. The van der Waals surface area contributed by atoms with Crippen LogP contribution in [0.1, 0.15) is 37.0 Å². The molecule has 2 N–H and O–H groups in total. The lowest BCUT2D eigenvalue weighted by Gasteiger charge is -2.21. The van der Waals surface area contributed by atoms with Gasteiger partial charge in [0.2, 0.25) is 5.91 Å². The summed E-state index contributed by atoms with van der Waals surface area (Å²) in [7, 11) is 0. The maximum absolute atomic E-state index is 12.8. The number of esters is 1. The van der Waals surface area contributed by atoms with Gasteiger partial charge < -0.3 is 15.4 Å². The number of benzene rings is 2. The Kier molecular flexibility index (Phi) is 5.69. The van der Waals surface area contributed by atoms with E-state index in [4.69, 9.17) is 4.74 Å². The fraction of sp³-hybridized carbons (Fsp3) is 0.333. The highest BCUT2D eigenvalue weighted by Gasteiger charge is 2.56. The Balaban J connectivity index is 1.54. The van der Waals surface area contributed by atoms with Crippen LogP contribution in [0.25, 0.3) is 11.1 Å². The molecular weight excluding hydrogens is 410 g/mol. The summed E-state index contributed by atoms with van der Waals surface area (Å²) in [5, 5.41) is 5.37. The monoisotopic (exact) mass is 435 g/mol. The Morgan fingerprint density at radius 3 is 2.50 bits per heavy atom. The van der Waals surface area contributed by atoms with Gasteiger partial charge in [-0.05, 0) is 55.9 Å². The summed E-state index contributed by atoms with van der Waals surface area (Å²) >= 11 is 0. The van der Waals surface area contributed by atoms with Gasteiger partial charge in [0, 0.05) is 0 Å². The zero-order valence-corrected chi connectivity index (χ0v) is 18.0. The summed E-state index contributed by atoms with van der Waals surface area (Å²) in [6.45, 7) is 3.15. The number of amides is 4. The molecular formula is C24H25N3O5. The zero-order chi connectivity index (χ0) is 22.9. The number of urea groups is 1. The molecule has 4 rings (SSSR count). The van der Waals surface area contributed by atoms with E-state index in [1.54, 1.807) is 32.0 Å². The fourth-order valence-electron chi connectivity index (χ4n) is 3.97. The maximum atomic E-state index is 12.8. The number of nitrogens with zero attached hydrogens (tertiary/aromatic N) is 1. The lowest BCUT2D eigenvalue weighted by molar-refractivity contribution is -0.134. The van der Waals surface area contributed by atoms with Gasteiger partial charge in [0.25, 0.3) is 5.91 Å². The third-order valence-electron chi connectivity index (χ3n) is 5.89. The summed E-state index contributed by atoms with van der Waals surface area (Å²) in [6, 6.07) is 14.0. The molecule has 2 aromatic carbocycles. The van der Waals surface area contributed by atoms with Gasteiger partial charge >= 0.3 is 12.0 Å². The van der Waals surface area contributed by atoms with Crippen molar-refractivity contribution in [2.24, 2.45) is 5.92 Å². The van der Waals surface area contributed by atoms with E-state index >= 15 is 0 Å². The molecule has 2 fully saturated rings. The second kappa shape index (κ2) is 8.45. The van der Waals surface area contributed by atoms with E-state index in [0.717, 1.165) is 28.9 Å². The molecule has 166 valence electrons.